The molecule has 1 aromatic rings. The molecular formula is C14H8Cl3F3O2. The molecule has 2 nitrogen and oxygen atoms in total. The molecule has 0 saturated carbocycles. The number of ether oxygens (including phenoxy) is 1. The quantitative estimate of drug-likeness (QED) is 0.544. The number of benzene rings is 1. The molecule has 1 aliphatic carbocycles. The molecule has 0 spiro atoms. The van der Waals surface area contributed by atoms with Gasteiger partial charge in [0.2, 0.25) is 0 Å². The summed E-state index contributed by atoms with van der Waals surface area (Å²) in [4.78, 5) is 8.49. The maximum Gasteiger partial charge on any atom is 0.415 e. The minimum absolute atomic E-state index is 0.00683. The largest absolute Gasteiger partial charge is 0.484 e. The maximum absolute atomic E-state index is 13.2. The molecule has 1 aromatic carbocycles. The van der Waals surface area contributed by atoms with Crippen LogP contribution in [0, 0.1) is 0 Å². The molecule has 2 rings (SSSR count). The van der Waals surface area contributed by atoms with Crippen molar-refractivity contribution in [3.8, 4) is 5.75 Å². The highest BCUT2D eigenvalue weighted by Crippen LogP contribution is 2.43. The number of hydrogen-bond acceptors (Lipinski definition) is 2. The second-order valence-electron chi connectivity index (χ2n) is 4.46. The second kappa shape index (κ2) is 6.14. The van der Waals surface area contributed by atoms with E-state index in [1.807, 2.05) is 0 Å². The van der Waals surface area contributed by atoms with Gasteiger partial charge in [-0.1, -0.05) is 29.8 Å². The van der Waals surface area contributed by atoms with Crippen LogP contribution < -0.4 is 4.74 Å². The summed E-state index contributed by atoms with van der Waals surface area (Å²) in [6.45, 7) is 0. The molecule has 22 heavy (non-hydrogen) atoms. The fraction of sp³-hybridized carbons (Fsp3) is 0.214. The van der Waals surface area contributed by atoms with Crippen LogP contribution in [0.3, 0.4) is 0 Å². The van der Waals surface area contributed by atoms with E-state index in [4.69, 9.17) is 39.5 Å². The van der Waals surface area contributed by atoms with Gasteiger partial charge in [0.1, 0.15) is 11.9 Å². The molecule has 0 N–H and O–H groups in total. The van der Waals surface area contributed by atoms with Crippen LogP contribution in [0.1, 0.15) is 10.4 Å². The van der Waals surface area contributed by atoms with E-state index < -0.39 is 22.4 Å². The Labute approximate surface area is 139 Å². The van der Waals surface area contributed by atoms with Crippen LogP contribution in [0.2, 0.25) is 5.02 Å². The van der Waals surface area contributed by atoms with Crippen LogP contribution in [-0.4, -0.2) is 22.4 Å². The van der Waals surface area contributed by atoms with E-state index in [0.29, 0.717) is 0 Å². The number of halogens is 6. The standard InChI is InChI=1S/C14H8Cl3F3O2/c15-10-5-4-8(7-9(10)12(16)21)22-11-3-1-2-6-13(11,17)14(18,19)20/h1-7,11H. The van der Waals surface area contributed by atoms with E-state index >= 15 is 0 Å². The molecule has 118 valence electrons. The lowest BCUT2D eigenvalue weighted by atomic mass is 9.95. The van der Waals surface area contributed by atoms with Gasteiger partial charge in [0.25, 0.3) is 5.24 Å². The molecule has 1 aliphatic rings. The highest BCUT2D eigenvalue weighted by molar-refractivity contribution is 6.68. The fourth-order valence-corrected chi connectivity index (χ4v) is 2.45. The van der Waals surface area contributed by atoms with Crippen molar-refractivity contribution in [1.82, 2.24) is 0 Å². The Bertz CT molecular complexity index is 655. The lowest BCUT2D eigenvalue weighted by Crippen LogP contribution is -2.50. The van der Waals surface area contributed by atoms with Gasteiger partial charge < -0.3 is 4.74 Å². The number of carbonyl (C=O) groups is 1. The first-order valence-corrected chi connectivity index (χ1v) is 7.06. The SMILES string of the molecule is O=C(Cl)c1cc(OC2C=CC=CC2(Cl)C(F)(F)F)ccc1Cl. The zero-order valence-electron chi connectivity index (χ0n) is 10.7. The maximum atomic E-state index is 13.2. The Morgan fingerprint density at radius 1 is 1.27 bits per heavy atom. The van der Waals surface area contributed by atoms with Gasteiger partial charge in [0.15, 0.2) is 4.87 Å². The van der Waals surface area contributed by atoms with Crippen LogP contribution in [0.5, 0.6) is 5.75 Å². The molecule has 0 aliphatic heterocycles. The number of carbonyl (C=O) groups excluding carboxylic acids is 1. The molecule has 0 radical (unpaired) electrons. The topological polar surface area (TPSA) is 26.3 Å². The van der Waals surface area contributed by atoms with Crippen molar-refractivity contribution in [3.63, 3.8) is 0 Å². The van der Waals surface area contributed by atoms with Crippen molar-refractivity contribution in [1.29, 1.82) is 0 Å². The first-order valence-electron chi connectivity index (χ1n) is 5.93. The van der Waals surface area contributed by atoms with Gasteiger partial charge in [0.05, 0.1) is 10.6 Å². The van der Waals surface area contributed by atoms with E-state index in [9.17, 15) is 18.0 Å². The Balaban J connectivity index is 2.33. The summed E-state index contributed by atoms with van der Waals surface area (Å²) in [6.07, 6.45) is -1.66. The smallest absolute Gasteiger partial charge is 0.415 e. The van der Waals surface area contributed by atoms with Crippen molar-refractivity contribution < 1.29 is 22.7 Å². The predicted molar refractivity (Wildman–Crippen MR) is 79.0 cm³/mol. The van der Waals surface area contributed by atoms with Gasteiger partial charge in [-0.3, -0.25) is 4.79 Å². The van der Waals surface area contributed by atoms with Crippen molar-refractivity contribution in [2.24, 2.45) is 0 Å². The molecular weight excluding hydrogens is 364 g/mol. The van der Waals surface area contributed by atoms with Gasteiger partial charge >= 0.3 is 6.18 Å². The summed E-state index contributed by atoms with van der Waals surface area (Å²) in [5.41, 5.74) is -0.0663. The molecule has 8 heteroatoms. The average molecular weight is 372 g/mol. The molecule has 2 unspecified atom stereocenters. The summed E-state index contributed by atoms with van der Waals surface area (Å²) in [7, 11) is 0. The van der Waals surface area contributed by atoms with Crippen molar-refractivity contribution in [2.75, 3.05) is 0 Å². The van der Waals surface area contributed by atoms with Crippen LogP contribution in [0.15, 0.2) is 42.5 Å². The van der Waals surface area contributed by atoms with Crippen molar-refractivity contribution in [3.05, 3.63) is 53.1 Å². The lowest BCUT2D eigenvalue weighted by Gasteiger charge is -2.34. The Morgan fingerprint density at radius 3 is 2.55 bits per heavy atom. The highest BCUT2D eigenvalue weighted by Gasteiger charge is 2.58. The van der Waals surface area contributed by atoms with E-state index in [1.165, 1.54) is 30.4 Å². The third-order valence-corrected chi connectivity index (χ3v) is 4.09. The molecule has 0 saturated heterocycles. The molecule has 0 amide bonds. The van der Waals surface area contributed by atoms with Gasteiger partial charge in [0, 0.05) is 0 Å². The zero-order valence-corrected chi connectivity index (χ0v) is 13.0. The minimum atomic E-state index is -4.72. The first-order chi connectivity index (χ1) is 10.1. The Morgan fingerprint density at radius 2 is 1.95 bits per heavy atom. The molecule has 2 atom stereocenters. The van der Waals surface area contributed by atoms with Gasteiger partial charge in [-0.2, -0.15) is 13.2 Å². The Kier molecular flexibility index (Phi) is 4.80. The van der Waals surface area contributed by atoms with Gasteiger partial charge in [-0.05, 0) is 35.9 Å². The molecule has 0 fully saturated rings. The summed E-state index contributed by atoms with van der Waals surface area (Å²) in [5.74, 6) is -0.00683. The highest BCUT2D eigenvalue weighted by atomic mass is 35.5. The van der Waals surface area contributed by atoms with E-state index in [0.717, 1.165) is 12.1 Å². The molecule has 0 bridgehead atoms. The first kappa shape index (κ1) is 17.2. The van der Waals surface area contributed by atoms with Crippen LogP contribution in [0.25, 0.3) is 0 Å². The second-order valence-corrected chi connectivity index (χ2v) is 5.84. The average Bonchev–Trinajstić information content (AvgIpc) is 2.42. The number of rotatable bonds is 3. The number of hydrogen-bond donors (Lipinski definition) is 0. The summed E-state index contributed by atoms with van der Waals surface area (Å²) in [6, 6.07) is 3.79. The van der Waals surface area contributed by atoms with Crippen molar-refractivity contribution >= 4 is 40.0 Å². The third-order valence-electron chi connectivity index (χ3n) is 3.00. The van der Waals surface area contributed by atoms with Gasteiger partial charge in [-0.25, -0.2) is 0 Å². The lowest BCUT2D eigenvalue weighted by molar-refractivity contribution is -0.164. The third kappa shape index (κ3) is 3.26. The van der Waals surface area contributed by atoms with Crippen LogP contribution in [-0.2, 0) is 0 Å². The van der Waals surface area contributed by atoms with Crippen molar-refractivity contribution in [2.45, 2.75) is 17.2 Å². The summed E-state index contributed by atoms with van der Waals surface area (Å²) < 4.78 is 44.8. The monoisotopic (exact) mass is 370 g/mol. The zero-order chi connectivity index (χ0) is 16.5. The number of allylic oxidation sites excluding steroid dienone is 2. The van der Waals surface area contributed by atoms with Crippen LogP contribution >= 0.6 is 34.8 Å². The van der Waals surface area contributed by atoms with E-state index in [1.54, 1.807) is 0 Å². The fourth-order valence-electron chi connectivity index (χ4n) is 1.85. The van der Waals surface area contributed by atoms with Crippen LogP contribution in [0.4, 0.5) is 13.2 Å². The summed E-state index contributed by atoms with van der Waals surface area (Å²) >= 11 is 16.8. The normalized spacial score (nSPS) is 24.4. The molecule has 0 aromatic heterocycles. The predicted octanol–water partition coefficient (Wildman–Crippen LogP) is 5.13. The number of alkyl halides is 4. The Hall–Kier alpha value is -1.17. The minimum Gasteiger partial charge on any atom is -0.484 e. The van der Waals surface area contributed by atoms with E-state index in [-0.39, 0.29) is 16.3 Å². The summed E-state index contributed by atoms with van der Waals surface area (Å²) in [5, 5.41) is -0.776. The molecule has 0 heterocycles. The van der Waals surface area contributed by atoms with E-state index in [2.05, 4.69) is 0 Å². The van der Waals surface area contributed by atoms with Gasteiger partial charge in [-0.15, -0.1) is 11.6 Å².